The van der Waals surface area contributed by atoms with Gasteiger partial charge in [0.25, 0.3) is 5.91 Å². The topological polar surface area (TPSA) is 75.2 Å². The maximum Gasteiger partial charge on any atom is 0.257 e. The number of methoxy groups -OCH3 is 1. The number of rotatable bonds is 10. The number of benzene rings is 2. The molecule has 0 aliphatic carbocycles. The van der Waals surface area contributed by atoms with Gasteiger partial charge in [0.05, 0.1) is 13.7 Å². The molecule has 0 aliphatic rings. The molecule has 1 amide bonds. The highest BCUT2D eigenvalue weighted by Crippen LogP contribution is 2.28. The van der Waals surface area contributed by atoms with E-state index in [1.165, 1.54) is 0 Å². The molecular weight excluding hydrogens is 416 g/mol. The molecule has 7 nitrogen and oxygen atoms in total. The lowest BCUT2D eigenvalue weighted by Crippen LogP contribution is -2.38. The summed E-state index contributed by atoms with van der Waals surface area (Å²) in [6, 6.07) is 13.4. The number of nitrogens with one attached hydrogen (secondary N) is 2. The summed E-state index contributed by atoms with van der Waals surface area (Å²) in [5, 5.41) is 6.74. The van der Waals surface area contributed by atoms with Crippen molar-refractivity contribution in [3.8, 4) is 11.5 Å². The maximum absolute atomic E-state index is 11.6. The number of carbonyl (C=O) groups excluding carboxylic acids is 1. The zero-order chi connectivity index (χ0) is 22.6. The SMILES string of the molecule is CCNC(=O)COc1ccc(CN=C(NCC)N(C)Cc2ccc(Cl)cc2)cc1OC. The van der Waals surface area contributed by atoms with Gasteiger partial charge in [-0.15, -0.1) is 0 Å². The zero-order valence-corrected chi connectivity index (χ0v) is 19.3. The number of nitrogens with zero attached hydrogens (tertiary/aromatic N) is 2. The summed E-state index contributed by atoms with van der Waals surface area (Å²) in [6.45, 7) is 6.36. The lowest BCUT2D eigenvalue weighted by atomic mass is 10.2. The van der Waals surface area contributed by atoms with Crippen LogP contribution >= 0.6 is 11.6 Å². The van der Waals surface area contributed by atoms with E-state index in [9.17, 15) is 4.79 Å². The van der Waals surface area contributed by atoms with Crippen molar-refractivity contribution in [3.05, 3.63) is 58.6 Å². The molecule has 2 rings (SSSR count). The van der Waals surface area contributed by atoms with Gasteiger partial charge in [0.1, 0.15) is 0 Å². The molecule has 2 aromatic rings. The summed E-state index contributed by atoms with van der Waals surface area (Å²) >= 11 is 5.97. The van der Waals surface area contributed by atoms with E-state index in [0.29, 0.717) is 31.1 Å². The summed E-state index contributed by atoms with van der Waals surface area (Å²) in [5.74, 6) is 1.72. The second kappa shape index (κ2) is 12.7. The first-order chi connectivity index (χ1) is 15.0. The number of guanidine groups is 1. The molecule has 0 bridgehead atoms. The molecule has 0 unspecified atom stereocenters. The quantitative estimate of drug-likeness (QED) is 0.432. The number of ether oxygens (including phenoxy) is 2. The van der Waals surface area contributed by atoms with Gasteiger partial charge in [0.2, 0.25) is 0 Å². The average molecular weight is 447 g/mol. The van der Waals surface area contributed by atoms with Crippen molar-refractivity contribution in [2.75, 3.05) is 33.9 Å². The Morgan fingerprint density at radius 3 is 2.35 bits per heavy atom. The highest BCUT2D eigenvalue weighted by atomic mass is 35.5. The number of halogens is 1. The maximum atomic E-state index is 11.6. The summed E-state index contributed by atoms with van der Waals surface area (Å²) < 4.78 is 11.0. The Balaban J connectivity index is 2.06. The number of aliphatic imine (C=N–C) groups is 1. The Labute approximate surface area is 189 Å². The Bertz CT molecular complexity index is 872. The fourth-order valence-electron chi connectivity index (χ4n) is 2.90. The molecule has 168 valence electrons. The Hall–Kier alpha value is -2.93. The minimum atomic E-state index is -0.169. The van der Waals surface area contributed by atoms with E-state index < -0.39 is 0 Å². The molecular formula is C23H31ClN4O3. The third-order valence-electron chi connectivity index (χ3n) is 4.40. The molecule has 0 radical (unpaired) electrons. The van der Waals surface area contributed by atoms with Crippen LogP contribution in [0.5, 0.6) is 11.5 Å². The molecule has 8 heteroatoms. The molecule has 0 aromatic heterocycles. The van der Waals surface area contributed by atoms with Crippen LogP contribution in [0.25, 0.3) is 0 Å². The normalized spacial score (nSPS) is 11.1. The lowest BCUT2D eigenvalue weighted by Gasteiger charge is -2.22. The summed E-state index contributed by atoms with van der Waals surface area (Å²) in [4.78, 5) is 18.4. The van der Waals surface area contributed by atoms with Gasteiger partial charge in [0.15, 0.2) is 24.1 Å². The molecule has 0 saturated heterocycles. The molecule has 0 heterocycles. The Morgan fingerprint density at radius 2 is 1.71 bits per heavy atom. The van der Waals surface area contributed by atoms with Crippen LogP contribution in [0.3, 0.4) is 0 Å². The van der Waals surface area contributed by atoms with Gasteiger partial charge in [0, 0.05) is 31.7 Å². The second-order valence-corrected chi connectivity index (χ2v) is 7.32. The minimum Gasteiger partial charge on any atom is -0.493 e. The molecule has 31 heavy (non-hydrogen) atoms. The number of carbonyl (C=O) groups is 1. The van der Waals surface area contributed by atoms with Crippen molar-refractivity contribution >= 4 is 23.5 Å². The first-order valence-electron chi connectivity index (χ1n) is 10.3. The molecule has 0 aliphatic heterocycles. The van der Waals surface area contributed by atoms with Crippen LogP contribution in [0.2, 0.25) is 5.02 Å². The van der Waals surface area contributed by atoms with Crippen LogP contribution in [0, 0.1) is 0 Å². The monoisotopic (exact) mass is 446 g/mol. The van der Waals surface area contributed by atoms with Gasteiger partial charge in [-0.2, -0.15) is 0 Å². The number of hydrogen-bond acceptors (Lipinski definition) is 4. The van der Waals surface area contributed by atoms with Crippen LogP contribution in [0.4, 0.5) is 0 Å². The van der Waals surface area contributed by atoms with E-state index in [4.69, 9.17) is 26.1 Å². The fraction of sp³-hybridized carbons (Fsp3) is 0.391. The van der Waals surface area contributed by atoms with Crippen molar-refractivity contribution < 1.29 is 14.3 Å². The largest absolute Gasteiger partial charge is 0.493 e. The van der Waals surface area contributed by atoms with Crippen molar-refractivity contribution in [2.45, 2.75) is 26.9 Å². The van der Waals surface area contributed by atoms with Crippen LogP contribution in [-0.4, -0.2) is 50.6 Å². The van der Waals surface area contributed by atoms with Gasteiger partial charge >= 0.3 is 0 Å². The standard InChI is InChI=1S/C23H31ClN4O3/c1-5-25-22(29)16-31-20-12-9-18(13-21(20)30-4)14-27-23(26-6-2)28(3)15-17-7-10-19(24)11-8-17/h7-13H,5-6,14-16H2,1-4H3,(H,25,29)(H,26,27). The highest BCUT2D eigenvalue weighted by Gasteiger charge is 2.10. The predicted octanol–water partition coefficient (Wildman–Crippen LogP) is 3.46. The van der Waals surface area contributed by atoms with Crippen LogP contribution < -0.4 is 20.1 Å². The number of amides is 1. The Morgan fingerprint density at radius 1 is 1.03 bits per heavy atom. The van der Waals surface area contributed by atoms with Gasteiger partial charge in [-0.1, -0.05) is 29.8 Å². The molecule has 2 aromatic carbocycles. The summed E-state index contributed by atoms with van der Waals surface area (Å²) in [6.07, 6.45) is 0. The molecule has 0 spiro atoms. The minimum absolute atomic E-state index is 0.0538. The van der Waals surface area contributed by atoms with Crippen LogP contribution in [0.15, 0.2) is 47.5 Å². The highest BCUT2D eigenvalue weighted by molar-refractivity contribution is 6.30. The smallest absolute Gasteiger partial charge is 0.257 e. The number of hydrogen-bond donors (Lipinski definition) is 2. The van der Waals surface area contributed by atoms with E-state index in [2.05, 4.69) is 15.5 Å². The summed E-state index contributed by atoms with van der Waals surface area (Å²) in [7, 11) is 3.57. The van der Waals surface area contributed by atoms with E-state index >= 15 is 0 Å². The third-order valence-corrected chi connectivity index (χ3v) is 4.65. The van der Waals surface area contributed by atoms with Gasteiger partial charge < -0.3 is 25.0 Å². The van der Waals surface area contributed by atoms with Gasteiger partial charge in [-0.25, -0.2) is 4.99 Å². The van der Waals surface area contributed by atoms with Crippen molar-refractivity contribution in [3.63, 3.8) is 0 Å². The Kier molecular flexibility index (Phi) is 9.97. The molecule has 0 fully saturated rings. The predicted molar refractivity (Wildman–Crippen MR) is 125 cm³/mol. The van der Waals surface area contributed by atoms with E-state index in [1.54, 1.807) is 13.2 Å². The van der Waals surface area contributed by atoms with Crippen molar-refractivity contribution in [1.29, 1.82) is 0 Å². The third kappa shape index (κ3) is 8.02. The first kappa shape index (κ1) is 24.3. The van der Waals surface area contributed by atoms with Gasteiger partial charge in [-0.3, -0.25) is 4.79 Å². The molecule has 0 saturated carbocycles. The zero-order valence-electron chi connectivity index (χ0n) is 18.6. The fourth-order valence-corrected chi connectivity index (χ4v) is 3.02. The first-order valence-corrected chi connectivity index (χ1v) is 10.6. The van der Waals surface area contributed by atoms with E-state index in [0.717, 1.165) is 28.7 Å². The molecule has 2 N–H and O–H groups in total. The number of likely N-dealkylation sites (N-methyl/N-ethyl adjacent to an activating group) is 1. The van der Waals surface area contributed by atoms with Gasteiger partial charge in [-0.05, 0) is 49.2 Å². The van der Waals surface area contributed by atoms with Crippen molar-refractivity contribution in [1.82, 2.24) is 15.5 Å². The molecule has 0 atom stereocenters. The van der Waals surface area contributed by atoms with Crippen molar-refractivity contribution in [2.24, 2.45) is 4.99 Å². The van der Waals surface area contributed by atoms with Crippen LogP contribution in [-0.2, 0) is 17.9 Å². The van der Waals surface area contributed by atoms with E-state index in [-0.39, 0.29) is 12.5 Å². The summed E-state index contributed by atoms with van der Waals surface area (Å²) in [5.41, 5.74) is 2.12. The second-order valence-electron chi connectivity index (χ2n) is 6.88. The van der Waals surface area contributed by atoms with Crippen LogP contribution in [0.1, 0.15) is 25.0 Å². The lowest BCUT2D eigenvalue weighted by molar-refractivity contribution is -0.123. The van der Waals surface area contributed by atoms with E-state index in [1.807, 2.05) is 57.3 Å². The average Bonchev–Trinajstić information content (AvgIpc) is 2.77.